The highest BCUT2D eigenvalue weighted by molar-refractivity contribution is 5.96. The minimum Gasteiger partial charge on any atom is -0.409 e. The van der Waals surface area contributed by atoms with E-state index in [-0.39, 0.29) is 17.9 Å². The van der Waals surface area contributed by atoms with Crippen molar-refractivity contribution in [3.05, 3.63) is 69.6 Å². The first kappa shape index (κ1) is 13.7. The van der Waals surface area contributed by atoms with Gasteiger partial charge in [0, 0.05) is 12.3 Å². The molecule has 0 bridgehead atoms. The summed E-state index contributed by atoms with van der Waals surface area (Å²) in [6.07, 6.45) is 1.44. The van der Waals surface area contributed by atoms with Gasteiger partial charge in [-0.3, -0.25) is 4.79 Å². The zero-order valence-corrected chi connectivity index (χ0v) is 10.3. The van der Waals surface area contributed by atoms with Gasteiger partial charge in [-0.15, -0.1) is 0 Å². The Bertz CT molecular complexity index is 706. The number of aromatic nitrogens is 1. The fourth-order valence-corrected chi connectivity index (χ4v) is 1.81. The molecule has 2 aromatic rings. The van der Waals surface area contributed by atoms with Crippen LogP contribution in [0.5, 0.6) is 0 Å². The van der Waals surface area contributed by atoms with Gasteiger partial charge in [-0.25, -0.2) is 8.78 Å². The van der Waals surface area contributed by atoms with Crippen molar-refractivity contribution in [3.8, 4) is 0 Å². The molecular formula is C13H11F2N3O2. The lowest BCUT2D eigenvalue weighted by atomic mass is 10.2. The van der Waals surface area contributed by atoms with Crippen LogP contribution in [0.1, 0.15) is 11.1 Å². The summed E-state index contributed by atoms with van der Waals surface area (Å²) < 4.78 is 27.4. The highest BCUT2D eigenvalue weighted by Crippen LogP contribution is 2.09. The summed E-state index contributed by atoms with van der Waals surface area (Å²) in [5.41, 5.74) is 5.15. The lowest BCUT2D eigenvalue weighted by Crippen LogP contribution is -2.29. The predicted octanol–water partition coefficient (Wildman–Crippen LogP) is 1.27. The Labute approximate surface area is 112 Å². The molecule has 0 aliphatic heterocycles. The van der Waals surface area contributed by atoms with Gasteiger partial charge in [0.15, 0.2) is 5.84 Å². The molecule has 104 valence electrons. The molecule has 7 heteroatoms. The molecule has 0 atom stereocenters. The maximum atomic E-state index is 13.1. The molecule has 2 rings (SSSR count). The van der Waals surface area contributed by atoms with Crippen molar-refractivity contribution in [1.82, 2.24) is 4.57 Å². The molecule has 0 saturated heterocycles. The molecule has 5 nitrogen and oxygen atoms in total. The molecule has 0 amide bonds. The minimum atomic E-state index is -0.722. The van der Waals surface area contributed by atoms with Gasteiger partial charge >= 0.3 is 0 Å². The third-order valence-corrected chi connectivity index (χ3v) is 2.68. The van der Waals surface area contributed by atoms with Crippen molar-refractivity contribution in [2.75, 3.05) is 0 Å². The van der Waals surface area contributed by atoms with E-state index in [1.165, 1.54) is 22.9 Å². The van der Waals surface area contributed by atoms with Gasteiger partial charge in [0.1, 0.15) is 11.6 Å². The van der Waals surface area contributed by atoms with Crippen LogP contribution in [-0.2, 0) is 6.54 Å². The van der Waals surface area contributed by atoms with Gasteiger partial charge in [-0.1, -0.05) is 5.16 Å². The van der Waals surface area contributed by atoms with Crippen molar-refractivity contribution in [2.24, 2.45) is 10.9 Å². The van der Waals surface area contributed by atoms with Crippen LogP contribution < -0.4 is 11.3 Å². The molecule has 0 radical (unpaired) electrons. The molecular weight excluding hydrogens is 268 g/mol. The van der Waals surface area contributed by atoms with Crippen molar-refractivity contribution < 1.29 is 14.0 Å². The largest absolute Gasteiger partial charge is 0.409 e. The van der Waals surface area contributed by atoms with E-state index < -0.39 is 17.2 Å². The highest BCUT2D eigenvalue weighted by Gasteiger charge is 2.09. The van der Waals surface area contributed by atoms with Gasteiger partial charge in [0.2, 0.25) is 0 Å². The Morgan fingerprint density at radius 2 is 1.95 bits per heavy atom. The van der Waals surface area contributed by atoms with E-state index in [4.69, 9.17) is 10.9 Å². The molecule has 1 aromatic carbocycles. The first-order valence-electron chi connectivity index (χ1n) is 5.63. The van der Waals surface area contributed by atoms with E-state index in [1.807, 2.05) is 0 Å². The van der Waals surface area contributed by atoms with Crippen LogP contribution in [0.25, 0.3) is 0 Å². The lowest BCUT2D eigenvalue weighted by molar-refractivity contribution is 0.318. The summed E-state index contributed by atoms with van der Waals surface area (Å²) in [4.78, 5) is 12.0. The first-order chi connectivity index (χ1) is 9.51. The van der Waals surface area contributed by atoms with Crippen LogP contribution in [-0.4, -0.2) is 15.6 Å². The maximum absolute atomic E-state index is 13.1. The summed E-state index contributed by atoms with van der Waals surface area (Å²) in [5.74, 6) is -1.77. The molecule has 0 aliphatic rings. The molecule has 0 aliphatic carbocycles. The average Bonchev–Trinajstić information content (AvgIpc) is 2.39. The number of nitrogens with zero attached hydrogens (tertiary/aromatic N) is 2. The van der Waals surface area contributed by atoms with E-state index in [1.54, 1.807) is 0 Å². The van der Waals surface area contributed by atoms with Crippen molar-refractivity contribution >= 4 is 5.84 Å². The molecule has 20 heavy (non-hydrogen) atoms. The zero-order chi connectivity index (χ0) is 14.7. The predicted molar refractivity (Wildman–Crippen MR) is 68.7 cm³/mol. The number of hydrogen-bond donors (Lipinski definition) is 2. The Morgan fingerprint density at radius 1 is 1.30 bits per heavy atom. The Morgan fingerprint density at radius 3 is 2.55 bits per heavy atom. The monoisotopic (exact) mass is 279 g/mol. The van der Waals surface area contributed by atoms with Crippen LogP contribution in [0.3, 0.4) is 0 Å². The van der Waals surface area contributed by atoms with E-state index in [2.05, 4.69) is 5.16 Å². The van der Waals surface area contributed by atoms with Crippen molar-refractivity contribution in [2.45, 2.75) is 6.54 Å². The minimum absolute atomic E-state index is 0.00637. The summed E-state index contributed by atoms with van der Waals surface area (Å²) in [7, 11) is 0. The van der Waals surface area contributed by atoms with Crippen LogP contribution in [0.15, 0.2) is 46.5 Å². The topological polar surface area (TPSA) is 80.6 Å². The maximum Gasteiger partial charge on any atom is 0.261 e. The number of pyridine rings is 1. The number of amidine groups is 1. The van der Waals surface area contributed by atoms with Gasteiger partial charge in [-0.2, -0.15) is 0 Å². The van der Waals surface area contributed by atoms with Gasteiger partial charge in [0.05, 0.1) is 12.1 Å². The summed E-state index contributed by atoms with van der Waals surface area (Å²) >= 11 is 0. The molecule has 0 fully saturated rings. The molecule has 0 spiro atoms. The number of rotatable bonds is 3. The van der Waals surface area contributed by atoms with Crippen LogP contribution >= 0.6 is 0 Å². The number of hydrogen-bond acceptors (Lipinski definition) is 3. The number of benzene rings is 1. The summed E-state index contributed by atoms with van der Waals surface area (Å²) in [5, 5.41) is 11.3. The third kappa shape index (κ3) is 2.82. The Balaban J connectivity index is 2.42. The molecule has 0 saturated carbocycles. The SMILES string of the molecule is N/C(=N/O)c1cccn(Cc2cc(F)cc(F)c2)c1=O. The second-order valence-electron chi connectivity index (χ2n) is 4.12. The van der Waals surface area contributed by atoms with Gasteiger partial charge in [0.25, 0.3) is 5.56 Å². The fraction of sp³-hybridized carbons (Fsp3) is 0.0769. The summed E-state index contributed by atoms with van der Waals surface area (Å²) in [6.45, 7) is -0.0277. The summed E-state index contributed by atoms with van der Waals surface area (Å²) in [6, 6.07) is 5.92. The van der Waals surface area contributed by atoms with Crippen molar-refractivity contribution in [3.63, 3.8) is 0 Å². The van der Waals surface area contributed by atoms with Crippen LogP contribution in [0.4, 0.5) is 8.78 Å². The number of halogens is 2. The second kappa shape index (κ2) is 5.52. The smallest absolute Gasteiger partial charge is 0.261 e. The Kier molecular flexibility index (Phi) is 3.79. The van der Waals surface area contributed by atoms with Gasteiger partial charge < -0.3 is 15.5 Å². The van der Waals surface area contributed by atoms with E-state index in [9.17, 15) is 13.6 Å². The normalized spacial score (nSPS) is 11.6. The standard InChI is InChI=1S/C13H11F2N3O2/c14-9-4-8(5-10(15)6-9)7-18-3-1-2-11(13(18)19)12(16)17-20/h1-6,20H,7H2,(H2,16,17). The average molecular weight is 279 g/mol. The Hall–Kier alpha value is -2.70. The van der Waals surface area contributed by atoms with E-state index in [0.717, 1.165) is 18.2 Å². The molecule has 1 aromatic heterocycles. The lowest BCUT2D eigenvalue weighted by Gasteiger charge is -2.08. The second-order valence-corrected chi connectivity index (χ2v) is 4.12. The number of nitrogens with two attached hydrogens (primary N) is 1. The van der Waals surface area contributed by atoms with Crippen LogP contribution in [0, 0.1) is 11.6 Å². The van der Waals surface area contributed by atoms with Crippen LogP contribution in [0.2, 0.25) is 0 Å². The third-order valence-electron chi connectivity index (χ3n) is 2.68. The molecule has 1 heterocycles. The first-order valence-corrected chi connectivity index (χ1v) is 5.63. The van der Waals surface area contributed by atoms with E-state index in [0.29, 0.717) is 5.56 Å². The van der Waals surface area contributed by atoms with E-state index >= 15 is 0 Å². The van der Waals surface area contributed by atoms with Gasteiger partial charge in [-0.05, 0) is 29.8 Å². The zero-order valence-electron chi connectivity index (χ0n) is 10.3. The number of oxime groups is 1. The fourth-order valence-electron chi connectivity index (χ4n) is 1.81. The highest BCUT2D eigenvalue weighted by atomic mass is 19.1. The molecule has 0 unspecified atom stereocenters. The molecule has 3 N–H and O–H groups in total. The van der Waals surface area contributed by atoms with Crippen molar-refractivity contribution in [1.29, 1.82) is 0 Å². The quantitative estimate of drug-likeness (QED) is 0.384.